The van der Waals surface area contributed by atoms with E-state index >= 15 is 0 Å². The molecule has 2 N–H and O–H groups in total. The number of benzene rings is 3. The second-order valence-electron chi connectivity index (χ2n) is 7.59. The predicted molar refractivity (Wildman–Crippen MR) is 130 cm³/mol. The normalized spacial score (nSPS) is 13.4. The van der Waals surface area contributed by atoms with Crippen LogP contribution >= 0.6 is 0 Å². The fourth-order valence-corrected chi connectivity index (χ4v) is 4.80. The number of hydrogen-bond donors (Lipinski definition) is 2. The van der Waals surface area contributed by atoms with Crippen molar-refractivity contribution in [1.82, 2.24) is 5.32 Å². The first kappa shape index (κ1) is 23.1. The molecule has 0 atom stereocenters. The second kappa shape index (κ2) is 9.44. The topological polar surface area (TPSA) is 108 Å². The van der Waals surface area contributed by atoms with Crippen LogP contribution in [-0.4, -0.2) is 47.6 Å². The van der Waals surface area contributed by atoms with Gasteiger partial charge in [-0.25, -0.2) is 13.2 Å². The third kappa shape index (κ3) is 4.67. The fraction of sp³-hybridized carbons (Fsp3) is 0.167. The first-order chi connectivity index (χ1) is 16.3. The number of amides is 3. The molecular weight excluding hydrogens is 456 g/mol. The zero-order valence-corrected chi connectivity index (χ0v) is 19.5. The van der Waals surface area contributed by atoms with Crippen LogP contribution in [0, 0.1) is 0 Å². The maximum atomic E-state index is 13.2. The van der Waals surface area contributed by atoms with Crippen molar-refractivity contribution >= 4 is 39.0 Å². The van der Waals surface area contributed by atoms with Gasteiger partial charge in [-0.15, -0.1) is 0 Å². The van der Waals surface area contributed by atoms with Crippen LogP contribution in [0.4, 0.5) is 21.9 Å². The molecular formula is C24H24N4O5S. The van der Waals surface area contributed by atoms with E-state index in [1.54, 1.807) is 59.5 Å². The van der Waals surface area contributed by atoms with Crippen LogP contribution in [0.1, 0.15) is 10.4 Å². The van der Waals surface area contributed by atoms with Crippen molar-refractivity contribution in [2.24, 2.45) is 0 Å². The van der Waals surface area contributed by atoms with Crippen LogP contribution in [0.3, 0.4) is 0 Å². The van der Waals surface area contributed by atoms with Gasteiger partial charge in [0, 0.05) is 37.1 Å². The van der Waals surface area contributed by atoms with Crippen molar-refractivity contribution in [3.05, 3.63) is 78.4 Å². The van der Waals surface area contributed by atoms with Crippen molar-refractivity contribution < 1.29 is 22.7 Å². The summed E-state index contributed by atoms with van der Waals surface area (Å²) < 4.78 is 32.6. The number of rotatable bonds is 7. The monoisotopic (exact) mass is 480 g/mol. The van der Waals surface area contributed by atoms with E-state index in [4.69, 9.17) is 4.74 Å². The highest BCUT2D eigenvalue weighted by atomic mass is 32.2. The molecule has 1 aliphatic rings. The number of ether oxygens (including phenoxy) is 1. The number of carbonyl (C=O) groups excluding carboxylic acids is 2. The van der Waals surface area contributed by atoms with Gasteiger partial charge in [0.25, 0.3) is 15.9 Å². The maximum Gasteiger partial charge on any atom is 0.321 e. The number of carbonyl (C=O) groups is 2. The molecule has 3 aromatic carbocycles. The first-order valence-electron chi connectivity index (χ1n) is 10.5. The standard InChI is InChI=1S/C24H24N4O5S/c1-27(19-9-11-21(33-2)12-10-19)34(31,32)22-8-3-5-17(15-22)23(29)26-18-6-4-7-20(16-18)28-14-13-25-24(28)30/h3-12,15-16H,13-14H2,1-2H3,(H,25,30)(H,26,29). The van der Waals surface area contributed by atoms with Gasteiger partial charge in [-0.05, 0) is 60.7 Å². The molecule has 0 bridgehead atoms. The molecule has 1 fully saturated rings. The van der Waals surface area contributed by atoms with Crippen LogP contribution in [0.25, 0.3) is 0 Å². The van der Waals surface area contributed by atoms with Crippen LogP contribution in [-0.2, 0) is 10.0 Å². The third-order valence-corrected chi connectivity index (χ3v) is 7.24. The number of nitrogens with one attached hydrogen (secondary N) is 2. The lowest BCUT2D eigenvalue weighted by molar-refractivity contribution is 0.102. The number of nitrogens with zero attached hydrogens (tertiary/aromatic N) is 2. The fourth-order valence-electron chi connectivity index (χ4n) is 3.56. The number of methoxy groups -OCH3 is 1. The van der Waals surface area contributed by atoms with E-state index < -0.39 is 15.9 Å². The molecule has 3 amide bonds. The van der Waals surface area contributed by atoms with Gasteiger partial charge in [0.2, 0.25) is 0 Å². The molecule has 0 aliphatic carbocycles. The van der Waals surface area contributed by atoms with Crippen molar-refractivity contribution in [3.8, 4) is 5.75 Å². The van der Waals surface area contributed by atoms with Gasteiger partial charge >= 0.3 is 6.03 Å². The van der Waals surface area contributed by atoms with Gasteiger partial charge in [-0.1, -0.05) is 12.1 Å². The molecule has 10 heteroatoms. The number of sulfonamides is 1. The molecule has 0 saturated carbocycles. The zero-order chi connectivity index (χ0) is 24.3. The van der Waals surface area contributed by atoms with Crippen LogP contribution in [0.15, 0.2) is 77.7 Å². The Morgan fingerprint density at radius 3 is 2.47 bits per heavy atom. The summed E-state index contributed by atoms with van der Waals surface area (Å²) in [6.45, 7) is 1.10. The van der Waals surface area contributed by atoms with Crippen LogP contribution in [0.5, 0.6) is 5.75 Å². The molecule has 0 spiro atoms. The second-order valence-corrected chi connectivity index (χ2v) is 9.56. The van der Waals surface area contributed by atoms with E-state index in [2.05, 4.69) is 10.6 Å². The van der Waals surface area contributed by atoms with E-state index in [1.165, 1.54) is 32.4 Å². The Morgan fingerprint density at radius 1 is 1.06 bits per heavy atom. The van der Waals surface area contributed by atoms with Crippen LogP contribution in [0.2, 0.25) is 0 Å². The molecule has 1 saturated heterocycles. The largest absolute Gasteiger partial charge is 0.497 e. The predicted octanol–water partition coefficient (Wildman–Crippen LogP) is 3.30. The summed E-state index contributed by atoms with van der Waals surface area (Å²) >= 11 is 0. The number of urea groups is 1. The lowest BCUT2D eigenvalue weighted by atomic mass is 10.2. The Bertz CT molecular complexity index is 1330. The highest BCUT2D eigenvalue weighted by molar-refractivity contribution is 7.92. The SMILES string of the molecule is COc1ccc(N(C)S(=O)(=O)c2cccc(C(=O)Nc3cccc(N4CCNC4=O)c3)c2)cc1. The van der Waals surface area contributed by atoms with Crippen LogP contribution < -0.4 is 24.6 Å². The summed E-state index contributed by atoms with van der Waals surface area (Å²) in [6.07, 6.45) is 0. The van der Waals surface area contributed by atoms with Gasteiger partial charge in [0.05, 0.1) is 17.7 Å². The number of anilines is 3. The highest BCUT2D eigenvalue weighted by Crippen LogP contribution is 2.26. The van der Waals surface area contributed by atoms with Crippen molar-refractivity contribution in [2.75, 3.05) is 41.8 Å². The average Bonchev–Trinajstić information content (AvgIpc) is 3.29. The molecule has 0 aromatic heterocycles. The van der Waals surface area contributed by atoms with Gasteiger partial charge < -0.3 is 15.4 Å². The third-order valence-electron chi connectivity index (χ3n) is 5.46. The van der Waals surface area contributed by atoms with Crippen molar-refractivity contribution in [1.29, 1.82) is 0 Å². The summed E-state index contributed by atoms with van der Waals surface area (Å²) in [5.74, 6) is 0.148. The summed E-state index contributed by atoms with van der Waals surface area (Å²) in [5.41, 5.74) is 1.79. The summed E-state index contributed by atoms with van der Waals surface area (Å²) in [6, 6.07) is 19.2. The molecule has 4 rings (SSSR count). The molecule has 34 heavy (non-hydrogen) atoms. The molecule has 1 aliphatic heterocycles. The van der Waals surface area contributed by atoms with Gasteiger partial charge in [0.15, 0.2) is 0 Å². The zero-order valence-electron chi connectivity index (χ0n) is 18.7. The lowest BCUT2D eigenvalue weighted by Crippen LogP contribution is -2.27. The minimum atomic E-state index is -3.90. The summed E-state index contributed by atoms with van der Waals surface area (Å²) in [7, 11) is -0.922. The number of hydrogen-bond acceptors (Lipinski definition) is 5. The van der Waals surface area contributed by atoms with E-state index in [0.29, 0.717) is 35.9 Å². The summed E-state index contributed by atoms with van der Waals surface area (Å²) in [4.78, 5) is 26.4. The average molecular weight is 481 g/mol. The van der Waals surface area contributed by atoms with Gasteiger partial charge in [-0.2, -0.15) is 0 Å². The Hall–Kier alpha value is -4.05. The molecule has 0 unspecified atom stereocenters. The maximum absolute atomic E-state index is 13.2. The van der Waals surface area contributed by atoms with E-state index in [0.717, 1.165) is 4.31 Å². The van der Waals surface area contributed by atoms with Crippen molar-refractivity contribution in [3.63, 3.8) is 0 Å². The van der Waals surface area contributed by atoms with Gasteiger partial charge in [0.1, 0.15) is 5.75 Å². The van der Waals surface area contributed by atoms with Crippen molar-refractivity contribution in [2.45, 2.75) is 4.90 Å². The van der Waals surface area contributed by atoms with E-state index in [1.807, 2.05) is 0 Å². The Labute approximate surface area is 198 Å². The molecule has 3 aromatic rings. The quantitative estimate of drug-likeness (QED) is 0.540. The smallest absolute Gasteiger partial charge is 0.321 e. The van der Waals surface area contributed by atoms with Gasteiger partial charge in [-0.3, -0.25) is 14.0 Å². The Kier molecular flexibility index (Phi) is 6.42. The molecule has 176 valence electrons. The minimum absolute atomic E-state index is 0.0130. The molecule has 0 radical (unpaired) electrons. The Balaban J connectivity index is 1.53. The molecule has 9 nitrogen and oxygen atoms in total. The first-order valence-corrected chi connectivity index (χ1v) is 11.9. The minimum Gasteiger partial charge on any atom is -0.497 e. The molecule has 1 heterocycles. The van der Waals surface area contributed by atoms with E-state index in [-0.39, 0.29) is 16.5 Å². The van der Waals surface area contributed by atoms with E-state index in [9.17, 15) is 18.0 Å². The summed E-state index contributed by atoms with van der Waals surface area (Å²) in [5, 5.41) is 5.50. The lowest BCUT2D eigenvalue weighted by Gasteiger charge is -2.20. The Morgan fingerprint density at radius 2 is 1.79 bits per heavy atom. The highest BCUT2D eigenvalue weighted by Gasteiger charge is 2.23.